The van der Waals surface area contributed by atoms with Crippen molar-refractivity contribution in [2.24, 2.45) is 11.8 Å². The number of hydrogen-bond donors (Lipinski definition) is 1. The van der Waals surface area contributed by atoms with E-state index in [9.17, 15) is 4.79 Å². The maximum Gasteiger partial charge on any atom is 0.329 e. The first-order chi connectivity index (χ1) is 17.0. The number of hydrogen-bond acceptors (Lipinski definition) is 4. The lowest BCUT2D eigenvalue weighted by Crippen LogP contribution is -2.24. The maximum atomic E-state index is 10.7. The van der Waals surface area contributed by atoms with Crippen LogP contribution < -0.4 is 0 Å². The van der Waals surface area contributed by atoms with Crippen molar-refractivity contribution in [3.63, 3.8) is 0 Å². The zero-order valence-corrected chi connectivity index (χ0v) is 21.7. The molecule has 0 aliphatic heterocycles. The van der Waals surface area contributed by atoms with Gasteiger partial charge in [-0.3, -0.25) is 4.68 Å². The van der Waals surface area contributed by atoms with Crippen LogP contribution >= 0.6 is 23.4 Å². The average Bonchev–Trinajstić information content (AvgIpc) is 3.22. The van der Waals surface area contributed by atoms with Crippen LogP contribution in [0.4, 0.5) is 0 Å². The Morgan fingerprint density at radius 1 is 1.09 bits per heavy atom. The molecule has 2 aromatic carbocycles. The summed E-state index contributed by atoms with van der Waals surface area (Å²) in [6.07, 6.45) is 7.44. The summed E-state index contributed by atoms with van der Waals surface area (Å²) in [7, 11) is 0. The molecule has 0 radical (unpaired) electrons. The van der Waals surface area contributed by atoms with E-state index in [1.54, 1.807) is 0 Å². The second-order valence-corrected chi connectivity index (χ2v) is 10.7. The van der Waals surface area contributed by atoms with Gasteiger partial charge in [0.2, 0.25) is 0 Å². The first-order valence-electron chi connectivity index (χ1n) is 12.2. The Balaban J connectivity index is 1.60. The molecule has 5 nitrogen and oxygen atoms in total. The van der Waals surface area contributed by atoms with Gasteiger partial charge in [-0.1, -0.05) is 54.1 Å². The van der Waals surface area contributed by atoms with Crippen molar-refractivity contribution in [3.8, 4) is 22.4 Å². The van der Waals surface area contributed by atoms with Gasteiger partial charge in [0.25, 0.3) is 0 Å². The third kappa shape index (κ3) is 6.90. The first-order valence-corrected chi connectivity index (χ1v) is 14.0. The van der Waals surface area contributed by atoms with Crippen molar-refractivity contribution in [1.82, 2.24) is 9.78 Å². The molecular weight excluding hydrogens is 480 g/mol. The van der Waals surface area contributed by atoms with Gasteiger partial charge in [-0.05, 0) is 73.6 Å². The Kier molecular flexibility index (Phi) is 9.30. The van der Waals surface area contributed by atoms with Crippen LogP contribution in [-0.4, -0.2) is 46.1 Å². The van der Waals surface area contributed by atoms with E-state index in [1.165, 1.54) is 11.3 Å². The van der Waals surface area contributed by atoms with E-state index in [0.717, 1.165) is 66.2 Å². The van der Waals surface area contributed by atoms with Gasteiger partial charge in [-0.15, -0.1) is 0 Å². The third-order valence-corrected chi connectivity index (χ3v) is 7.59. The number of thioether (sulfide) groups is 1. The second-order valence-electron chi connectivity index (χ2n) is 9.27. The summed E-state index contributed by atoms with van der Waals surface area (Å²) >= 11 is 8.26. The van der Waals surface area contributed by atoms with Crippen LogP contribution in [0, 0.1) is 11.8 Å². The van der Waals surface area contributed by atoms with Gasteiger partial charge in [0, 0.05) is 28.4 Å². The molecule has 186 valence electrons. The predicted molar refractivity (Wildman–Crippen MR) is 144 cm³/mol. The Morgan fingerprint density at radius 3 is 2.49 bits per heavy atom. The standard InChI is InChI=1S/C28H33ClN2O3S/c1-35-15-14-25-27(23-8-5-9-24(29)16-23)28(22-6-3-2-4-7-22)30-31(25)17-20-10-12-21(13-11-20)18-34-19-26(32)33/h2-9,16,20-21H,10-15,17-19H2,1H3,(H,32,33)/t20-,21-. The zero-order chi connectivity index (χ0) is 24.6. The van der Waals surface area contributed by atoms with Crippen LogP contribution in [0.15, 0.2) is 54.6 Å². The summed E-state index contributed by atoms with van der Waals surface area (Å²) in [5.41, 5.74) is 5.69. The van der Waals surface area contributed by atoms with Crippen LogP contribution in [0.2, 0.25) is 5.02 Å². The number of aromatic nitrogens is 2. The minimum atomic E-state index is -0.903. The fraction of sp³-hybridized carbons (Fsp3) is 0.429. The number of carbonyl (C=O) groups is 1. The maximum absolute atomic E-state index is 10.7. The highest BCUT2D eigenvalue weighted by molar-refractivity contribution is 7.98. The molecule has 1 saturated carbocycles. The highest BCUT2D eigenvalue weighted by Crippen LogP contribution is 2.38. The number of halogens is 1. The molecule has 0 amide bonds. The molecule has 1 heterocycles. The molecule has 0 unspecified atom stereocenters. The van der Waals surface area contributed by atoms with Gasteiger partial charge in [0.15, 0.2) is 0 Å². The number of aliphatic carboxylic acids is 1. The fourth-order valence-corrected chi connectivity index (χ4v) is 5.57. The van der Waals surface area contributed by atoms with E-state index in [0.29, 0.717) is 18.4 Å². The Labute approximate surface area is 216 Å². The molecule has 0 atom stereocenters. The van der Waals surface area contributed by atoms with Crippen LogP contribution in [0.3, 0.4) is 0 Å². The van der Waals surface area contributed by atoms with Gasteiger partial charge in [-0.25, -0.2) is 4.79 Å². The zero-order valence-electron chi connectivity index (χ0n) is 20.2. The van der Waals surface area contributed by atoms with Gasteiger partial charge in [0.1, 0.15) is 12.3 Å². The topological polar surface area (TPSA) is 64.4 Å². The number of rotatable bonds is 11. The molecule has 35 heavy (non-hydrogen) atoms. The fourth-order valence-electron chi connectivity index (χ4n) is 4.98. The van der Waals surface area contributed by atoms with Crippen molar-refractivity contribution in [1.29, 1.82) is 0 Å². The van der Waals surface area contributed by atoms with E-state index >= 15 is 0 Å². The molecular formula is C28H33ClN2O3S. The molecule has 3 aromatic rings. The third-order valence-electron chi connectivity index (χ3n) is 6.74. The largest absolute Gasteiger partial charge is 0.480 e. The SMILES string of the molecule is CSCCc1c(-c2cccc(Cl)c2)c(-c2ccccc2)nn1C[C@H]1CC[C@H](COCC(=O)O)CC1. The van der Waals surface area contributed by atoms with Crippen molar-refractivity contribution in [2.45, 2.75) is 38.6 Å². The number of carboxylic acid groups (broad SMARTS) is 1. The number of benzene rings is 2. The second kappa shape index (κ2) is 12.6. The Hall–Kier alpha value is -2.28. The summed E-state index contributed by atoms with van der Waals surface area (Å²) < 4.78 is 7.60. The molecule has 0 spiro atoms. The van der Waals surface area contributed by atoms with Gasteiger partial charge in [-0.2, -0.15) is 16.9 Å². The smallest absolute Gasteiger partial charge is 0.329 e. The average molecular weight is 513 g/mol. The van der Waals surface area contributed by atoms with Crippen molar-refractivity contribution >= 4 is 29.3 Å². The molecule has 0 saturated heterocycles. The molecule has 1 aliphatic carbocycles. The Morgan fingerprint density at radius 2 is 1.80 bits per heavy atom. The van der Waals surface area contributed by atoms with Crippen molar-refractivity contribution in [2.75, 3.05) is 25.2 Å². The van der Waals surface area contributed by atoms with E-state index in [2.05, 4.69) is 41.3 Å². The summed E-state index contributed by atoms with van der Waals surface area (Å²) in [6.45, 7) is 1.23. The summed E-state index contributed by atoms with van der Waals surface area (Å²) in [5, 5.41) is 14.7. The number of carboxylic acids is 1. The summed E-state index contributed by atoms with van der Waals surface area (Å²) in [6, 6.07) is 18.5. The highest BCUT2D eigenvalue weighted by atomic mass is 35.5. The summed E-state index contributed by atoms with van der Waals surface area (Å²) in [4.78, 5) is 10.7. The highest BCUT2D eigenvalue weighted by Gasteiger charge is 2.26. The van der Waals surface area contributed by atoms with E-state index < -0.39 is 5.97 Å². The molecule has 1 aromatic heterocycles. The lowest BCUT2D eigenvalue weighted by atomic mass is 9.82. The van der Waals surface area contributed by atoms with E-state index in [-0.39, 0.29) is 6.61 Å². The van der Waals surface area contributed by atoms with Crippen molar-refractivity contribution < 1.29 is 14.6 Å². The van der Waals surface area contributed by atoms with Crippen LogP contribution in [0.1, 0.15) is 31.4 Å². The monoisotopic (exact) mass is 512 g/mol. The summed E-state index contributed by atoms with van der Waals surface area (Å²) in [5.74, 6) is 1.12. The molecule has 7 heteroatoms. The molecule has 1 aliphatic rings. The number of ether oxygens (including phenoxy) is 1. The van der Waals surface area contributed by atoms with E-state index in [4.69, 9.17) is 26.5 Å². The quantitative estimate of drug-likeness (QED) is 0.310. The normalized spacial score (nSPS) is 18.0. The van der Waals surface area contributed by atoms with Gasteiger partial charge >= 0.3 is 5.97 Å². The lowest BCUT2D eigenvalue weighted by Gasteiger charge is -2.28. The van der Waals surface area contributed by atoms with Crippen LogP contribution in [-0.2, 0) is 22.5 Å². The lowest BCUT2D eigenvalue weighted by molar-refractivity contribution is -0.142. The molecule has 1 fully saturated rings. The first kappa shape index (κ1) is 25.8. The molecule has 4 rings (SSSR count). The minimum absolute atomic E-state index is 0.208. The van der Waals surface area contributed by atoms with Gasteiger partial charge in [0.05, 0.1) is 6.61 Å². The Bertz CT molecular complexity index is 1110. The van der Waals surface area contributed by atoms with E-state index in [1.807, 2.05) is 36.0 Å². The molecule has 0 bridgehead atoms. The van der Waals surface area contributed by atoms with Gasteiger partial charge < -0.3 is 9.84 Å². The van der Waals surface area contributed by atoms with Crippen LogP contribution in [0.5, 0.6) is 0 Å². The minimum Gasteiger partial charge on any atom is -0.480 e. The van der Waals surface area contributed by atoms with Crippen molar-refractivity contribution in [3.05, 3.63) is 65.3 Å². The van der Waals surface area contributed by atoms with Crippen LogP contribution in [0.25, 0.3) is 22.4 Å². The molecule has 1 N–H and O–H groups in total. The predicted octanol–water partition coefficient (Wildman–Crippen LogP) is 6.68. The number of nitrogens with zero attached hydrogens (tertiary/aromatic N) is 2.